The van der Waals surface area contributed by atoms with Crippen molar-refractivity contribution < 1.29 is 17.9 Å². The maximum absolute atomic E-state index is 11.9. The molecule has 2 atom stereocenters. The number of hydrogen-bond donors (Lipinski definition) is 1. The number of nitrogens with zero attached hydrogens (tertiary/aromatic N) is 3. The molecule has 0 aliphatic carbocycles. The molecule has 9 heteroatoms. The first kappa shape index (κ1) is 22.3. The van der Waals surface area contributed by atoms with E-state index in [0.29, 0.717) is 13.0 Å². The summed E-state index contributed by atoms with van der Waals surface area (Å²) >= 11 is 0. The molecule has 2 fully saturated rings. The number of aromatic nitrogens is 2. The SMILES string of the molecule is COc1ccc(C(CNCc2cnn(C3(C)CCS(=O)(=O)C3)c2)N2CCOCC2)cc1. The summed E-state index contributed by atoms with van der Waals surface area (Å²) in [5.41, 5.74) is 1.85. The van der Waals surface area contributed by atoms with E-state index in [4.69, 9.17) is 9.47 Å². The highest BCUT2D eigenvalue weighted by atomic mass is 32.2. The van der Waals surface area contributed by atoms with Gasteiger partial charge in [0.05, 0.1) is 43.6 Å². The highest BCUT2D eigenvalue weighted by Gasteiger charge is 2.40. The lowest BCUT2D eigenvalue weighted by Gasteiger charge is -2.35. The van der Waals surface area contributed by atoms with E-state index in [1.54, 1.807) is 7.11 Å². The lowest BCUT2D eigenvalue weighted by atomic mass is 10.0. The van der Waals surface area contributed by atoms with Gasteiger partial charge in [0.25, 0.3) is 0 Å². The number of ether oxygens (including phenoxy) is 2. The summed E-state index contributed by atoms with van der Waals surface area (Å²) < 4.78 is 36.5. The van der Waals surface area contributed by atoms with Crippen LogP contribution in [-0.4, -0.2) is 74.6 Å². The average Bonchev–Trinajstić information content (AvgIpc) is 3.37. The Labute approximate surface area is 184 Å². The van der Waals surface area contributed by atoms with Gasteiger partial charge in [0.1, 0.15) is 5.75 Å². The van der Waals surface area contributed by atoms with Crippen molar-refractivity contribution in [1.29, 1.82) is 0 Å². The second-order valence-corrected chi connectivity index (χ2v) is 10.9. The van der Waals surface area contributed by atoms with Crippen LogP contribution in [0.2, 0.25) is 0 Å². The zero-order valence-corrected chi connectivity index (χ0v) is 19.1. The molecule has 8 nitrogen and oxygen atoms in total. The molecule has 1 aromatic carbocycles. The van der Waals surface area contributed by atoms with Crippen LogP contribution >= 0.6 is 0 Å². The maximum atomic E-state index is 11.9. The van der Waals surface area contributed by atoms with Crippen LogP contribution in [0.3, 0.4) is 0 Å². The van der Waals surface area contributed by atoms with Gasteiger partial charge >= 0.3 is 0 Å². The number of morpholine rings is 1. The van der Waals surface area contributed by atoms with Gasteiger partial charge in [-0.3, -0.25) is 9.58 Å². The number of nitrogens with one attached hydrogen (secondary N) is 1. The van der Waals surface area contributed by atoms with Crippen LogP contribution < -0.4 is 10.1 Å². The van der Waals surface area contributed by atoms with Gasteiger partial charge in [0.2, 0.25) is 0 Å². The van der Waals surface area contributed by atoms with Crippen molar-refractivity contribution in [2.24, 2.45) is 0 Å². The molecule has 4 rings (SSSR count). The molecule has 2 aromatic rings. The highest BCUT2D eigenvalue weighted by molar-refractivity contribution is 7.91. The Bertz CT molecular complexity index is 970. The topological polar surface area (TPSA) is 85.7 Å². The summed E-state index contributed by atoms with van der Waals surface area (Å²) in [7, 11) is -1.29. The van der Waals surface area contributed by atoms with E-state index in [2.05, 4.69) is 27.4 Å². The van der Waals surface area contributed by atoms with Gasteiger partial charge in [-0.1, -0.05) is 12.1 Å². The minimum absolute atomic E-state index is 0.158. The van der Waals surface area contributed by atoms with Crippen LogP contribution in [0.5, 0.6) is 5.75 Å². The molecule has 2 aliphatic rings. The quantitative estimate of drug-likeness (QED) is 0.656. The van der Waals surface area contributed by atoms with Crippen molar-refractivity contribution >= 4 is 9.84 Å². The smallest absolute Gasteiger partial charge is 0.152 e. The first-order valence-electron chi connectivity index (χ1n) is 10.8. The molecule has 31 heavy (non-hydrogen) atoms. The van der Waals surface area contributed by atoms with E-state index in [1.807, 2.05) is 36.1 Å². The van der Waals surface area contributed by atoms with E-state index < -0.39 is 15.4 Å². The summed E-state index contributed by atoms with van der Waals surface area (Å²) in [6.45, 7) is 6.76. The molecular weight excluding hydrogens is 416 g/mol. The molecule has 0 radical (unpaired) electrons. The standard InChI is InChI=1S/C22H32N4O4S/c1-22(7-12-31(27,28)17-22)26-16-18(14-24-26)13-23-15-21(25-8-10-30-11-9-25)19-3-5-20(29-2)6-4-19/h3-6,14,16,21,23H,7-13,15,17H2,1-2H3. The molecule has 0 spiro atoms. The Balaban J connectivity index is 1.40. The molecule has 1 N–H and O–H groups in total. The molecule has 0 amide bonds. The first-order valence-corrected chi connectivity index (χ1v) is 12.6. The Morgan fingerprint density at radius 2 is 2.00 bits per heavy atom. The molecule has 1 aromatic heterocycles. The average molecular weight is 449 g/mol. The Morgan fingerprint density at radius 1 is 1.26 bits per heavy atom. The summed E-state index contributed by atoms with van der Waals surface area (Å²) in [6, 6.07) is 8.49. The maximum Gasteiger partial charge on any atom is 0.152 e. The predicted molar refractivity (Wildman–Crippen MR) is 119 cm³/mol. The summed E-state index contributed by atoms with van der Waals surface area (Å²) in [6.07, 6.45) is 4.42. The Kier molecular flexibility index (Phi) is 6.66. The molecule has 2 saturated heterocycles. The normalized spacial score (nSPS) is 24.8. The van der Waals surface area contributed by atoms with E-state index in [9.17, 15) is 8.42 Å². The fraction of sp³-hybridized carbons (Fsp3) is 0.591. The minimum Gasteiger partial charge on any atom is -0.497 e. The summed E-state index contributed by atoms with van der Waals surface area (Å²) in [5.74, 6) is 1.25. The van der Waals surface area contributed by atoms with Crippen LogP contribution in [0.15, 0.2) is 36.7 Å². The van der Waals surface area contributed by atoms with Crippen molar-refractivity contribution in [1.82, 2.24) is 20.0 Å². The van der Waals surface area contributed by atoms with Gasteiger partial charge in [-0.15, -0.1) is 0 Å². The highest BCUT2D eigenvalue weighted by Crippen LogP contribution is 2.30. The van der Waals surface area contributed by atoms with Crippen LogP contribution in [0.4, 0.5) is 0 Å². The third-order valence-electron chi connectivity index (χ3n) is 6.33. The number of hydrogen-bond acceptors (Lipinski definition) is 7. The zero-order chi connectivity index (χ0) is 21.9. The summed E-state index contributed by atoms with van der Waals surface area (Å²) in [5, 5.41) is 8.05. The van der Waals surface area contributed by atoms with Crippen LogP contribution in [0, 0.1) is 0 Å². The molecule has 2 aliphatic heterocycles. The third-order valence-corrected chi connectivity index (χ3v) is 8.21. The minimum atomic E-state index is -2.97. The van der Waals surface area contributed by atoms with Gasteiger partial charge in [0.15, 0.2) is 9.84 Å². The zero-order valence-electron chi connectivity index (χ0n) is 18.3. The third kappa shape index (κ3) is 5.28. The lowest BCUT2D eigenvalue weighted by molar-refractivity contribution is 0.0161. The van der Waals surface area contributed by atoms with Crippen molar-refractivity contribution in [3.05, 3.63) is 47.8 Å². The first-order chi connectivity index (χ1) is 14.9. The van der Waals surface area contributed by atoms with E-state index in [1.165, 1.54) is 5.56 Å². The molecular formula is C22H32N4O4S. The monoisotopic (exact) mass is 448 g/mol. The Morgan fingerprint density at radius 3 is 2.65 bits per heavy atom. The lowest BCUT2D eigenvalue weighted by Crippen LogP contribution is -2.42. The van der Waals surface area contributed by atoms with Crippen molar-refractivity contribution in [3.63, 3.8) is 0 Å². The van der Waals surface area contributed by atoms with Crippen LogP contribution in [-0.2, 0) is 26.7 Å². The Hall–Kier alpha value is -1.94. The van der Waals surface area contributed by atoms with Crippen molar-refractivity contribution in [2.45, 2.75) is 31.5 Å². The van der Waals surface area contributed by atoms with Gasteiger partial charge in [-0.05, 0) is 31.0 Å². The largest absolute Gasteiger partial charge is 0.497 e. The number of rotatable bonds is 8. The predicted octanol–water partition coefficient (Wildman–Crippen LogP) is 1.59. The van der Waals surface area contributed by atoms with Gasteiger partial charge in [-0.2, -0.15) is 5.10 Å². The fourth-order valence-corrected chi connectivity index (χ4v) is 6.57. The molecule has 0 saturated carbocycles. The summed E-state index contributed by atoms with van der Waals surface area (Å²) in [4.78, 5) is 2.45. The van der Waals surface area contributed by atoms with Gasteiger partial charge < -0.3 is 14.8 Å². The molecule has 2 unspecified atom stereocenters. The molecule has 0 bridgehead atoms. The fourth-order valence-electron chi connectivity index (χ4n) is 4.45. The number of benzene rings is 1. The van der Waals surface area contributed by atoms with Crippen molar-refractivity contribution in [3.8, 4) is 5.75 Å². The van der Waals surface area contributed by atoms with Gasteiger partial charge in [-0.25, -0.2) is 8.42 Å². The van der Waals surface area contributed by atoms with Crippen LogP contribution in [0.25, 0.3) is 0 Å². The number of methoxy groups -OCH3 is 1. The van der Waals surface area contributed by atoms with Gasteiger partial charge in [0, 0.05) is 44.0 Å². The van der Waals surface area contributed by atoms with E-state index >= 15 is 0 Å². The van der Waals surface area contributed by atoms with Crippen molar-refractivity contribution in [2.75, 3.05) is 51.5 Å². The van der Waals surface area contributed by atoms with Crippen LogP contribution in [0.1, 0.15) is 30.5 Å². The van der Waals surface area contributed by atoms with E-state index in [-0.39, 0.29) is 17.5 Å². The van der Waals surface area contributed by atoms with E-state index in [0.717, 1.165) is 44.2 Å². The second kappa shape index (κ2) is 9.28. The number of sulfone groups is 1. The second-order valence-electron chi connectivity index (χ2n) is 8.70. The molecule has 170 valence electrons. The molecule has 3 heterocycles.